The van der Waals surface area contributed by atoms with Gasteiger partial charge >= 0.3 is 0 Å². The van der Waals surface area contributed by atoms with E-state index in [4.69, 9.17) is 5.14 Å². The first-order valence-electron chi connectivity index (χ1n) is 6.37. The van der Waals surface area contributed by atoms with Crippen LogP contribution in [0.3, 0.4) is 0 Å². The lowest BCUT2D eigenvalue weighted by Gasteiger charge is -2.26. The van der Waals surface area contributed by atoms with Crippen molar-refractivity contribution in [3.63, 3.8) is 0 Å². The standard InChI is InChI=1S/C13H16BrFN2O3S/c1-13(2,8-3-4-8)17-12(18)7-5-9(15)11(14)10(6-7)21(16,19)20/h5-6,8H,3-4H2,1-2H3,(H,17,18)(H2,16,19,20). The molecule has 1 aliphatic carbocycles. The molecule has 1 aromatic rings. The first-order valence-corrected chi connectivity index (χ1v) is 8.70. The molecule has 0 saturated heterocycles. The number of hydrogen-bond donors (Lipinski definition) is 2. The van der Waals surface area contributed by atoms with Crippen LogP contribution in [0.1, 0.15) is 37.0 Å². The number of rotatable bonds is 4. The summed E-state index contributed by atoms with van der Waals surface area (Å²) in [5.74, 6) is -0.987. The van der Waals surface area contributed by atoms with Crippen molar-refractivity contribution in [2.24, 2.45) is 11.1 Å². The van der Waals surface area contributed by atoms with Crippen LogP contribution < -0.4 is 10.5 Å². The molecule has 0 aromatic heterocycles. The van der Waals surface area contributed by atoms with Crippen molar-refractivity contribution in [3.8, 4) is 0 Å². The van der Waals surface area contributed by atoms with Gasteiger partial charge in [-0.1, -0.05) is 0 Å². The first-order chi connectivity index (χ1) is 9.52. The molecule has 1 amide bonds. The van der Waals surface area contributed by atoms with Gasteiger partial charge in [0.25, 0.3) is 5.91 Å². The van der Waals surface area contributed by atoms with Gasteiger partial charge in [0.15, 0.2) is 0 Å². The van der Waals surface area contributed by atoms with E-state index < -0.39 is 32.2 Å². The second kappa shape index (κ2) is 5.33. The normalized spacial score (nSPS) is 15.9. The summed E-state index contributed by atoms with van der Waals surface area (Å²) in [6.07, 6.45) is 2.06. The highest BCUT2D eigenvalue weighted by molar-refractivity contribution is 9.10. The van der Waals surface area contributed by atoms with E-state index in [0.29, 0.717) is 5.92 Å². The van der Waals surface area contributed by atoms with Crippen molar-refractivity contribution in [3.05, 3.63) is 28.0 Å². The molecule has 0 radical (unpaired) electrons. The highest BCUT2D eigenvalue weighted by Gasteiger charge is 2.39. The Morgan fingerprint density at radius 1 is 1.43 bits per heavy atom. The lowest BCUT2D eigenvalue weighted by molar-refractivity contribution is 0.0902. The fraction of sp³-hybridized carbons (Fsp3) is 0.462. The van der Waals surface area contributed by atoms with Gasteiger partial charge in [0.1, 0.15) is 5.82 Å². The first kappa shape index (κ1) is 16.4. The summed E-state index contributed by atoms with van der Waals surface area (Å²) in [6.45, 7) is 3.77. The van der Waals surface area contributed by atoms with Gasteiger partial charge in [0.2, 0.25) is 10.0 Å². The molecule has 1 aliphatic rings. The van der Waals surface area contributed by atoms with Crippen LogP contribution in [0.5, 0.6) is 0 Å². The molecular formula is C13H16BrFN2O3S. The molecular weight excluding hydrogens is 363 g/mol. The minimum Gasteiger partial charge on any atom is -0.347 e. The van der Waals surface area contributed by atoms with Crippen molar-refractivity contribution >= 4 is 31.9 Å². The highest BCUT2D eigenvalue weighted by Crippen LogP contribution is 2.39. The summed E-state index contributed by atoms with van der Waals surface area (Å²) in [5, 5.41) is 7.83. The van der Waals surface area contributed by atoms with Crippen molar-refractivity contribution in [1.82, 2.24) is 5.32 Å². The number of nitrogens with two attached hydrogens (primary N) is 1. The Hall–Kier alpha value is -0.990. The fourth-order valence-electron chi connectivity index (χ4n) is 2.17. The van der Waals surface area contributed by atoms with Crippen LogP contribution in [-0.4, -0.2) is 19.9 Å². The number of sulfonamides is 1. The third kappa shape index (κ3) is 3.61. The Morgan fingerprint density at radius 2 is 2.00 bits per heavy atom. The van der Waals surface area contributed by atoms with Crippen LogP contribution in [-0.2, 0) is 10.0 Å². The smallest absolute Gasteiger partial charge is 0.251 e. The number of nitrogens with one attached hydrogen (secondary N) is 1. The number of carbonyl (C=O) groups is 1. The third-order valence-corrected chi connectivity index (χ3v) is 5.60. The third-order valence-electron chi connectivity index (χ3n) is 3.60. The van der Waals surface area contributed by atoms with Crippen LogP contribution in [0.4, 0.5) is 4.39 Å². The van der Waals surface area contributed by atoms with E-state index in [-0.39, 0.29) is 10.0 Å². The van der Waals surface area contributed by atoms with E-state index >= 15 is 0 Å². The van der Waals surface area contributed by atoms with Crippen molar-refractivity contribution in [2.45, 2.75) is 37.1 Å². The summed E-state index contributed by atoms with van der Waals surface area (Å²) in [6, 6.07) is 2.05. The maximum absolute atomic E-state index is 13.8. The molecule has 21 heavy (non-hydrogen) atoms. The minimum absolute atomic E-state index is 0.0755. The molecule has 1 saturated carbocycles. The maximum Gasteiger partial charge on any atom is 0.251 e. The molecule has 1 aromatic carbocycles. The molecule has 5 nitrogen and oxygen atoms in total. The molecule has 116 valence electrons. The van der Waals surface area contributed by atoms with Crippen LogP contribution in [0, 0.1) is 11.7 Å². The largest absolute Gasteiger partial charge is 0.347 e. The van der Waals surface area contributed by atoms with Crippen LogP contribution >= 0.6 is 15.9 Å². The Morgan fingerprint density at radius 3 is 2.48 bits per heavy atom. The zero-order valence-electron chi connectivity index (χ0n) is 11.6. The quantitative estimate of drug-likeness (QED) is 0.840. The Labute approximate surface area is 131 Å². The van der Waals surface area contributed by atoms with Gasteiger partial charge in [0.05, 0.1) is 9.37 Å². The zero-order valence-corrected chi connectivity index (χ0v) is 14.0. The van der Waals surface area contributed by atoms with Crippen LogP contribution in [0.2, 0.25) is 0 Å². The molecule has 0 aliphatic heterocycles. The maximum atomic E-state index is 13.8. The topological polar surface area (TPSA) is 89.3 Å². The Bertz CT molecular complexity index is 700. The number of primary sulfonamides is 1. The molecule has 0 unspecified atom stereocenters. The number of carbonyl (C=O) groups excluding carboxylic acids is 1. The van der Waals surface area contributed by atoms with Gasteiger partial charge in [-0.3, -0.25) is 4.79 Å². The predicted octanol–water partition coefficient (Wildman–Crippen LogP) is 2.15. The zero-order chi connectivity index (χ0) is 16.0. The van der Waals surface area contributed by atoms with Crippen molar-refractivity contribution in [1.29, 1.82) is 0 Å². The minimum atomic E-state index is -4.13. The van der Waals surface area contributed by atoms with Crippen molar-refractivity contribution in [2.75, 3.05) is 0 Å². The lowest BCUT2D eigenvalue weighted by atomic mass is 9.98. The Kier molecular flexibility index (Phi) is 4.16. The molecule has 0 spiro atoms. The van der Waals surface area contributed by atoms with Gasteiger partial charge in [-0.25, -0.2) is 17.9 Å². The SMILES string of the molecule is CC(C)(NC(=O)c1cc(F)c(Br)c(S(N)(=O)=O)c1)C1CC1. The summed E-state index contributed by atoms with van der Waals surface area (Å²) in [5.41, 5.74) is -0.490. The van der Waals surface area contributed by atoms with E-state index in [1.165, 1.54) is 0 Å². The van der Waals surface area contributed by atoms with E-state index in [0.717, 1.165) is 25.0 Å². The predicted molar refractivity (Wildman–Crippen MR) is 79.7 cm³/mol. The van der Waals surface area contributed by atoms with E-state index in [9.17, 15) is 17.6 Å². The lowest BCUT2D eigenvalue weighted by Crippen LogP contribution is -2.45. The number of amides is 1. The van der Waals surface area contributed by atoms with E-state index in [2.05, 4.69) is 21.2 Å². The average molecular weight is 379 g/mol. The van der Waals surface area contributed by atoms with Gasteiger partial charge in [0, 0.05) is 11.1 Å². The Balaban J connectivity index is 2.36. The average Bonchev–Trinajstić information content (AvgIpc) is 3.14. The second-order valence-electron chi connectivity index (χ2n) is 5.77. The van der Waals surface area contributed by atoms with E-state index in [1.807, 2.05) is 13.8 Å². The van der Waals surface area contributed by atoms with Gasteiger partial charge < -0.3 is 5.32 Å². The molecule has 0 heterocycles. The van der Waals surface area contributed by atoms with Crippen LogP contribution in [0.25, 0.3) is 0 Å². The monoisotopic (exact) mass is 378 g/mol. The fourth-order valence-corrected chi connectivity index (χ4v) is 3.72. The van der Waals surface area contributed by atoms with Crippen LogP contribution in [0.15, 0.2) is 21.5 Å². The van der Waals surface area contributed by atoms with Gasteiger partial charge in [-0.15, -0.1) is 0 Å². The molecule has 0 atom stereocenters. The highest BCUT2D eigenvalue weighted by atomic mass is 79.9. The second-order valence-corrected chi connectivity index (χ2v) is 8.09. The molecule has 3 N–H and O–H groups in total. The number of hydrogen-bond acceptors (Lipinski definition) is 3. The molecule has 0 bridgehead atoms. The van der Waals surface area contributed by atoms with E-state index in [1.54, 1.807) is 0 Å². The summed E-state index contributed by atoms with van der Waals surface area (Å²) >= 11 is 2.83. The number of halogens is 2. The molecule has 8 heteroatoms. The summed E-state index contributed by atoms with van der Waals surface area (Å²) in [7, 11) is -4.13. The molecule has 1 fully saturated rings. The van der Waals surface area contributed by atoms with Gasteiger partial charge in [-0.2, -0.15) is 0 Å². The molecule has 2 rings (SSSR count). The summed E-state index contributed by atoms with van der Waals surface area (Å²) in [4.78, 5) is 11.8. The number of benzene rings is 1. The van der Waals surface area contributed by atoms with Crippen molar-refractivity contribution < 1.29 is 17.6 Å². The summed E-state index contributed by atoms with van der Waals surface area (Å²) < 4.78 is 36.4. The van der Waals surface area contributed by atoms with Gasteiger partial charge in [-0.05, 0) is 60.7 Å².